The van der Waals surface area contributed by atoms with Gasteiger partial charge in [-0.1, -0.05) is 6.92 Å². The van der Waals surface area contributed by atoms with Crippen molar-refractivity contribution in [1.29, 1.82) is 0 Å². The van der Waals surface area contributed by atoms with Gasteiger partial charge in [-0.2, -0.15) is 0 Å². The zero-order valence-electron chi connectivity index (χ0n) is 9.29. The highest BCUT2D eigenvalue weighted by Crippen LogP contribution is 2.13. The molecule has 4 heteroatoms. The molecular formula is C10H21N3O. The second-order valence-corrected chi connectivity index (χ2v) is 4.56. The van der Waals surface area contributed by atoms with E-state index >= 15 is 0 Å². The Labute approximate surface area is 85.8 Å². The third-order valence-electron chi connectivity index (χ3n) is 2.56. The molecule has 1 heterocycles. The molecule has 14 heavy (non-hydrogen) atoms. The van der Waals surface area contributed by atoms with E-state index in [0.717, 1.165) is 13.1 Å². The number of rotatable bonds is 3. The molecule has 2 unspecified atom stereocenters. The number of carbonyl (C=O) groups is 1. The lowest BCUT2D eigenvalue weighted by atomic mass is 10.1. The van der Waals surface area contributed by atoms with Crippen LogP contribution in [-0.2, 0) is 4.79 Å². The van der Waals surface area contributed by atoms with Crippen LogP contribution in [0.4, 0.5) is 0 Å². The average Bonchev–Trinajstić information content (AvgIpc) is 2.28. The Hall–Kier alpha value is -0.610. The van der Waals surface area contributed by atoms with Gasteiger partial charge in [0.25, 0.3) is 0 Å². The maximum absolute atomic E-state index is 11.4. The highest BCUT2D eigenvalue weighted by Gasteiger charge is 2.27. The third kappa shape index (κ3) is 3.27. The fourth-order valence-corrected chi connectivity index (χ4v) is 1.80. The van der Waals surface area contributed by atoms with Gasteiger partial charge in [0.05, 0.1) is 6.54 Å². The van der Waals surface area contributed by atoms with E-state index < -0.39 is 0 Å². The molecule has 0 bridgehead atoms. The van der Waals surface area contributed by atoms with Crippen molar-refractivity contribution in [3.8, 4) is 0 Å². The van der Waals surface area contributed by atoms with Gasteiger partial charge in [-0.3, -0.25) is 9.69 Å². The van der Waals surface area contributed by atoms with Crippen molar-refractivity contribution < 1.29 is 4.79 Å². The predicted octanol–water partition coefficient (Wildman–Crippen LogP) is -0.210. The second kappa shape index (κ2) is 4.75. The lowest BCUT2D eigenvalue weighted by Gasteiger charge is -2.16. The maximum atomic E-state index is 11.4. The van der Waals surface area contributed by atoms with E-state index in [1.54, 1.807) is 0 Å². The van der Waals surface area contributed by atoms with E-state index in [-0.39, 0.29) is 18.0 Å². The minimum absolute atomic E-state index is 0.0984. The van der Waals surface area contributed by atoms with Crippen LogP contribution < -0.4 is 11.1 Å². The van der Waals surface area contributed by atoms with Gasteiger partial charge in [0.15, 0.2) is 0 Å². The Morgan fingerprint density at radius 1 is 1.57 bits per heavy atom. The molecule has 82 valence electrons. The second-order valence-electron chi connectivity index (χ2n) is 4.56. The highest BCUT2D eigenvalue weighted by molar-refractivity contribution is 5.78. The molecule has 0 spiro atoms. The molecule has 0 radical (unpaired) electrons. The maximum Gasteiger partial charge on any atom is 0.234 e. The van der Waals surface area contributed by atoms with E-state index in [1.165, 1.54) is 0 Å². The first-order valence-corrected chi connectivity index (χ1v) is 5.26. The Morgan fingerprint density at radius 3 is 2.64 bits per heavy atom. The van der Waals surface area contributed by atoms with Crippen LogP contribution in [0.25, 0.3) is 0 Å². The smallest absolute Gasteiger partial charge is 0.234 e. The van der Waals surface area contributed by atoms with Gasteiger partial charge < -0.3 is 11.1 Å². The number of nitrogens with two attached hydrogens (primary N) is 1. The summed E-state index contributed by atoms with van der Waals surface area (Å²) in [5, 5.41) is 2.88. The van der Waals surface area contributed by atoms with Crippen LogP contribution in [-0.4, -0.2) is 42.5 Å². The minimum Gasteiger partial charge on any atom is -0.353 e. The molecule has 3 N–H and O–H groups in total. The van der Waals surface area contributed by atoms with Crippen LogP contribution >= 0.6 is 0 Å². The first-order chi connectivity index (χ1) is 6.49. The Bertz CT molecular complexity index is 196. The van der Waals surface area contributed by atoms with Crippen LogP contribution in [0.3, 0.4) is 0 Å². The predicted molar refractivity (Wildman–Crippen MR) is 56.9 cm³/mol. The van der Waals surface area contributed by atoms with Crippen molar-refractivity contribution >= 4 is 5.91 Å². The van der Waals surface area contributed by atoms with Crippen LogP contribution in [0, 0.1) is 5.92 Å². The molecule has 0 saturated carbocycles. The number of carbonyl (C=O) groups excluding carboxylic acids is 1. The van der Waals surface area contributed by atoms with Gasteiger partial charge >= 0.3 is 0 Å². The quantitative estimate of drug-likeness (QED) is 0.661. The van der Waals surface area contributed by atoms with Gasteiger partial charge in [-0.25, -0.2) is 0 Å². The van der Waals surface area contributed by atoms with E-state index in [9.17, 15) is 4.79 Å². The highest BCUT2D eigenvalue weighted by atomic mass is 16.2. The SMILES string of the molecule is CC(C)NC(=O)CN1CC(C)C(N)C1. The Morgan fingerprint density at radius 2 is 2.21 bits per heavy atom. The van der Waals surface area contributed by atoms with Crippen molar-refractivity contribution in [3.05, 3.63) is 0 Å². The molecule has 0 aromatic rings. The topological polar surface area (TPSA) is 58.4 Å². The van der Waals surface area contributed by atoms with E-state index in [1.807, 2.05) is 13.8 Å². The molecule has 1 aliphatic rings. The van der Waals surface area contributed by atoms with Crippen molar-refractivity contribution in [2.75, 3.05) is 19.6 Å². The first-order valence-electron chi connectivity index (χ1n) is 5.26. The number of amides is 1. The molecule has 1 aliphatic heterocycles. The number of hydrogen-bond acceptors (Lipinski definition) is 3. The summed E-state index contributed by atoms with van der Waals surface area (Å²) in [6.07, 6.45) is 0. The summed E-state index contributed by atoms with van der Waals surface area (Å²) in [4.78, 5) is 13.5. The number of nitrogens with one attached hydrogen (secondary N) is 1. The molecular weight excluding hydrogens is 178 g/mol. The van der Waals surface area contributed by atoms with Crippen molar-refractivity contribution in [2.45, 2.75) is 32.9 Å². The van der Waals surface area contributed by atoms with Crippen molar-refractivity contribution in [3.63, 3.8) is 0 Å². The monoisotopic (exact) mass is 199 g/mol. The fraction of sp³-hybridized carbons (Fsp3) is 0.900. The van der Waals surface area contributed by atoms with Crippen molar-refractivity contribution in [2.24, 2.45) is 11.7 Å². The van der Waals surface area contributed by atoms with E-state index in [2.05, 4.69) is 17.1 Å². The molecule has 2 atom stereocenters. The lowest BCUT2D eigenvalue weighted by Crippen LogP contribution is -2.40. The normalized spacial score (nSPS) is 28.4. The van der Waals surface area contributed by atoms with Crippen LogP contribution in [0.15, 0.2) is 0 Å². The van der Waals surface area contributed by atoms with Crippen LogP contribution in [0.5, 0.6) is 0 Å². The fourth-order valence-electron chi connectivity index (χ4n) is 1.80. The van der Waals surface area contributed by atoms with Crippen LogP contribution in [0.2, 0.25) is 0 Å². The van der Waals surface area contributed by atoms with Gasteiger partial charge in [-0.15, -0.1) is 0 Å². The lowest BCUT2D eigenvalue weighted by molar-refractivity contribution is -0.122. The summed E-state index contributed by atoms with van der Waals surface area (Å²) in [6, 6.07) is 0.443. The molecule has 1 fully saturated rings. The van der Waals surface area contributed by atoms with Gasteiger partial charge in [0.1, 0.15) is 0 Å². The van der Waals surface area contributed by atoms with Gasteiger partial charge in [0.2, 0.25) is 5.91 Å². The van der Waals surface area contributed by atoms with Gasteiger partial charge in [0, 0.05) is 25.2 Å². The first kappa shape index (κ1) is 11.5. The third-order valence-corrected chi connectivity index (χ3v) is 2.56. The molecule has 4 nitrogen and oxygen atoms in total. The summed E-state index contributed by atoms with van der Waals surface area (Å²) in [5.74, 6) is 0.600. The number of nitrogens with zero attached hydrogens (tertiary/aromatic N) is 1. The molecule has 1 saturated heterocycles. The zero-order chi connectivity index (χ0) is 10.7. The molecule has 0 aliphatic carbocycles. The molecule has 1 rings (SSSR count). The van der Waals surface area contributed by atoms with Crippen LogP contribution in [0.1, 0.15) is 20.8 Å². The summed E-state index contributed by atoms with van der Waals surface area (Å²) in [6.45, 7) is 8.33. The summed E-state index contributed by atoms with van der Waals surface area (Å²) in [7, 11) is 0. The van der Waals surface area contributed by atoms with E-state index in [4.69, 9.17) is 5.73 Å². The largest absolute Gasteiger partial charge is 0.353 e. The zero-order valence-corrected chi connectivity index (χ0v) is 9.29. The molecule has 0 aromatic heterocycles. The van der Waals surface area contributed by atoms with Crippen molar-refractivity contribution in [1.82, 2.24) is 10.2 Å². The molecule has 1 amide bonds. The average molecular weight is 199 g/mol. The van der Waals surface area contributed by atoms with Gasteiger partial charge in [-0.05, 0) is 19.8 Å². The minimum atomic E-state index is 0.0984. The summed E-state index contributed by atoms with van der Waals surface area (Å²) < 4.78 is 0. The summed E-state index contributed by atoms with van der Waals surface area (Å²) >= 11 is 0. The van der Waals surface area contributed by atoms with E-state index in [0.29, 0.717) is 12.5 Å². The Kier molecular flexibility index (Phi) is 3.89. The standard InChI is InChI=1S/C10H21N3O/c1-7(2)12-10(14)6-13-4-8(3)9(11)5-13/h7-9H,4-6,11H2,1-3H3,(H,12,14). The number of likely N-dealkylation sites (tertiary alicyclic amines) is 1. The Balaban J connectivity index is 2.28. The molecule has 0 aromatic carbocycles. The summed E-state index contributed by atoms with van der Waals surface area (Å²) in [5.41, 5.74) is 5.87. The number of hydrogen-bond donors (Lipinski definition) is 2.